The summed E-state index contributed by atoms with van der Waals surface area (Å²) in [5, 5.41) is 4.15. The Bertz CT molecular complexity index is 562. The van der Waals surface area contributed by atoms with Crippen molar-refractivity contribution in [2.45, 2.75) is 17.2 Å². The highest BCUT2D eigenvalue weighted by molar-refractivity contribution is 7.98. The van der Waals surface area contributed by atoms with Crippen molar-refractivity contribution in [1.82, 2.24) is 5.32 Å². The summed E-state index contributed by atoms with van der Waals surface area (Å²) in [4.78, 5) is 1.28. The van der Waals surface area contributed by atoms with Gasteiger partial charge in [0.05, 0.1) is 6.61 Å². The van der Waals surface area contributed by atoms with E-state index in [1.807, 2.05) is 30.0 Å². The Balaban J connectivity index is 1.86. The normalized spacial score (nSPS) is 10.8. The lowest BCUT2D eigenvalue weighted by molar-refractivity contribution is 0.199. The first-order valence-corrected chi connectivity index (χ1v) is 8.30. The average Bonchev–Trinajstić information content (AvgIpc) is 2.50. The van der Waals surface area contributed by atoms with E-state index in [4.69, 9.17) is 16.3 Å². The molecule has 0 aliphatic carbocycles. The van der Waals surface area contributed by atoms with Crippen LogP contribution in [0.5, 0.6) is 0 Å². The maximum atomic E-state index is 6.01. The van der Waals surface area contributed by atoms with Crippen LogP contribution in [0.4, 0.5) is 0 Å². The Labute approximate surface area is 135 Å². The summed E-state index contributed by atoms with van der Waals surface area (Å²) in [6.07, 6.45) is 0. The first-order valence-electron chi connectivity index (χ1n) is 6.94. The van der Waals surface area contributed by atoms with Gasteiger partial charge in [-0.15, -0.1) is 11.8 Å². The van der Waals surface area contributed by atoms with Crippen molar-refractivity contribution in [2.24, 2.45) is 0 Å². The van der Waals surface area contributed by atoms with Crippen molar-refractivity contribution < 1.29 is 4.74 Å². The summed E-state index contributed by atoms with van der Waals surface area (Å²) in [5.74, 6) is 0.932. The van der Waals surface area contributed by atoms with Crippen LogP contribution in [0.2, 0.25) is 5.02 Å². The highest BCUT2D eigenvalue weighted by atomic mass is 35.5. The molecular formula is C17H20ClNOS. The standard InChI is InChI=1S/C17H20ClNOS/c1-20-9-8-19-12-14-4-3-7-17(11-14)21-13-15-5-2-6-16(18)10-15/h2-7,10-11,19H,8-9,12-13H2,1H3. The quantitative estimate of drug-likeness (QED) is 0.576. The molecular weight excluding hydrogens is 302 g/mol. The van der Waals surface area contributed by atoms with E-state index in [-0.39, 0.29) is 0 Å². The number of thioether (sulfide) groups is 1. The van der Waals surface area contributed by atoms with Gasteiger partial charge in [0.2, 0.25) is 0 Å². The molecule has 0 saturated heterocycles. The summed E-state index contributed by atoms with van der Waals surface area (Å²) in [6, 6.07) is 16.6. The van der Waals surface area contributed by atoms with Gasteiger partial charge in [-0.25, -0.2) is 0 Å². The molecule has 2 nitrogen and oxygen atoms in total. The maximum absolute atomic E-state index is 6.01. The van der Waals surface area contributed by atoms with Crippen molar-refractivity contribution in [3.63, 3.8) is 0 Å². The van der Waals surface area contributed by atoms with E-state index in [0.29, 0.717) is 0 Å². The lowest BCUT2D eigenvalue weighted by Crippen LogP contribution is -2.18. The third kappa shape index (κ3) is 6.10. The third-order valence-corrected chi connectivity index (χ3v) is 4.31. The van der Waals surface area contributed by atoms with Crippen LogP contribution >= 0.6 is 23.4 Å². The third-order valence-electron chi connectivity index (χ3n) is 3.01. The first kappa shape index (κ1) is 16.4. The Kier molecular flexibility index (Phi) is 7.10. The van der Waals surface area contributed by atoms with Gasteiger partial charge in [0.1, 0.15) is 0 Å². The lowest BCUT2D eigenvalue weighted by Gasteiger charge is -2.07. The summed E-state index contributed by atoms with van der Waals surface area (Å²) in [5.41, 5.74) is 2.54. The predicted octanol–water partition coefficient (Wildman–Crippen LogP) is 4.37. The molecule has 2 aromatic rings. The number of benzene rings is 2. The maximum Gasteiger partial charge on any atom is 0.0587 e. The summed E-state index contributed by atoms with van der Waals surface area (Å²) >= 11 is 7.84. The molecule has 0 amide bonds. The van der Waals surface area contributed by atoms with Gasteiger partial charge in [-0.1, -0.05) is 35.9 Å². The molecule has 1 N–H and O–H groups in total. The minimum absolute atomic E-state index is 0.739. The second-order valence-electron chi connectivity index (χ2n) is 4.74. The fourth-order valence-corrected chi connectivity index (χ4v) is 3.08. The molecule has 0 atom stereocenters. The molecule has 0 radical (unpaired) electrons. The van der Waals surface area contributed by atoms with E-state index in [0.717, 1.165) is 30.5 Å². The van der Waals surface area contributed by atoms with Gasteiger partial charge >= 0.3 is 0 Å². The molecule has 2 rings (SSSR count). The predicted molar refractivity (Wildman–Crippen MR) is 91.0 cm³/mol. The van der Waals surface area contributed by atoms with Crippen LogP contribution in [0.1, 0.15) is 11.1 Å². The zero-order valence-corrected chi connectivity index (χ0v) is 13.7. The van der Waals surface area contributed by atoms with Crippen molar-refractivity contribution in [1.29, 1.82) is 0 Å². The monoisotopic (exact) mass is 321 g/mol. The fraction of sp³-hybridized carbons (Fsp3) is 0.294. The second kappa shape index (κ2) is 9.11. The number of hydrogen-bond acceptors (Lipinski definition) is 3. The Morgan fingerprint density at radius 1 is 1.10 bits per heavy atom. The van der Waals surface area contributed by atoms with E-state index in [1.54, 1.807) is 7.11 Å². The fourth-order valence-electron chi connectivity index (χ4n) is 1.95. The average molecular weight is 322 g/mol. The number of ether oxygens (including phenoxy) is 1. The van der Waals surface area contributed by atoms with Gasteiger partial charge in [-0.2, -0.15) is 0 Å². The van der Waals surface area contributed by atoms with E-state index in [1.165, 1.54) is 16.0 Å². The zero-order valence-electron chi connectivity index (χ0n) is 12.1. The van der Waals surface area contributed by atoms with E-state index < -0.39 is 0 Å². The number of nitrogens with one attached hydrogen (secondary N) is 1. The Morgan fingerprint density at radius 2 is 1.90 bits per heavy atom. The number of hydrogen-bond donors (Lipinski definition) is 1. The molecule has 0 saturated carbocycles. The SMILES string of the molecule is COCCNCc1cccc(SCc2cccc(Cl)c2)c1. The molecule has 4 heteroatoms. The zero-order chi connectivity index (χ0) is 14.9. The topological polar surface area (TPSA) is 21.3 Å². The largest absolute Gasteiger partial charge is 0.383 e. The van der Waals surface area contributed by atoms with Gasteiger partial charge in [0.15, 0.2) is 0 Å². The van der Waals surface area contributed by atoms with Gasteiger partial charge in [0.25, 0.3) is 0 Å². The van der Waals surface area contributed by atoms with Gasteiger partial charge in [-0.05, 0) is 35.4 Å². The van der Waals surface area contributed by atoms with Crippen LogP contribution in [-0.2, 0) is 17.0 Å². The highest BCUT2D eigenvalue weighted by Crippen LogP contribution is 2.24. The van der Waals surface area contributed by atoms with Crippen molar-refractivity contribution >= 4 is 23.4 Å². The van der Waals surface area contributed by atoms with Crippen molar-refractivity contribution in [3.05, 3.63) is 64.7 Å². The molecule has 0 fully saturated rings. The van der Waals surface area contributed by atoms with E-state index in [9.17, 15) is 0 Å². The number of methoxy groups -OCH3 is 1. The molecule has 0 unspecified atom stereocenters. The minimum Gasteiger partial charge on any atom is -0.383 e. The van der Waals surface area contributed by atoms with Crippen LogP contribution in [-0.4, -0.2) is 20.3 Å². The molecule has 0 spiro atoms. The van der Waals surface area contributed by atoms with Crippen LogP contribution in [0, 0.1) is 0 Å². The molecule has 112 valence electrons. The summed E-state index contributed by atoms with van der Waals surface area (Å²) in [6.45, 7) is 2.48. The summed E-state index contributed by atoms with van der Waals surface area (Å²) in [7, 11) is 1.72. The van der Waals surface area contributed by atoms with Gasteiger partial charge in [0, 0.05) is 35.9 Å². The van der Waals surface area contributed by atoms with Crippen molar-refractivity contribution in [3.8, 4) is 0 Å². The molecule has 0 aliphatic heterocycles. The molecule has 21 heavy (non-hydrogen) atoms. The minimum atomic E-state index is 0.739. The highest BCUT2D eigenvalue weighted by Gasteiger charge is 1.99. The van der Waals surface area contributed by atoms with Crippen LogP contribution in [0.3, 0.4) is 0 Å². The molecule has 2 aromatic carbocycles. The smallest absolute Gasteiger partial charge is 0.0587 e. The Hall–Kier alpha value is -1.00. The number of halogens is 1. The first-order chi connectivity index (χ1) is 10.3. The van der Waals surface area contributed by atoms with Gasteiger partial charge < -0.3 is 10.1 Å². The van der Waals surface area contributed by atoms with Crippen LogP contribution in [0.15, 0.2) is 53.4 Å². The molecule has 0 aliphatic rings. The molecule has 0 heterocycles. The van der Waals surface area contributed by atoms with Crippen LogP contribution in [0.25, 0.3) is 0 Å². The summed E-state index contributed by atoms with van der Waals surface area (Å²) < 4.78 is 5.02. The van der Waals surface area contributed by atoms with E-state index >= 15 is 0 Å². The second-order valence-corrected chi connectivity index (χ2v) is 6.22. The number of rotatable bonds is 8. The lowest BCUT2D eigenvalue weighted by atomic mass is 10.2. The Morgan fingerprint density at radius 3 is 2.71 bits per heavy atom. The van der Waals surface area contributed by atoms with Crippen molar-refractivity contribution in [2.75, 3.05) is 20.3 Å². The van der Waals surface area contributed by atoms with Gasteiger partial charge in [-0.3, -0.25) is 0 Å². The van der Waals surface area contributed by atoms with E-state index in [2.05, 4.69) is 35.6 Å². The van der Waals surface area contributed by atoms with Crippen LogP contribution < -0.4 is 5.32 Å². The molecule has 0 bridgehead atoms. The molecule has 0 aromatic heterocycles.